The van der Waals surface area contributed by atoms with Gasteiger partial charge in [0.25, 0.3) is 0 Å². The van der Waals surface area contributed by atoms with Crippen LogP contribution in [-0.4, -0.2) is 38.1 Å². The van der Waals surface area contributed by atoms with E-state index in [4.69, 9.17) is 4.74 Å². The van der Waals surface area contributed by atoms with E-state index in [-0.39, 0.29) is 11.4 Å². The van der Waals surface area contributed by atoms with E-state index in [0.29, 0.717) is 6.61 Å². The Balaban J connectivity index is 2.48. The largest absolute Gasteiger partial charge is 0.461 e. The lowest BCUT2D eigenvalue weighted by Gasteiger charge is -2.15. The number of hydrogen-bond acceptors (Lipinski definition) is 4. The molecule has 1 aromatic rings. The molecule has 0 aliphatic rings. The number of carbonyl (C=O) groups excluding carboxylic acids is 1. The van der Waals surface area contributed by atoms with Crippen LogP contribution in [0, 0.1) is 0 Å². The van der Waals surface area contributed by atoms with Crippen molar-refractivity contribution in [2.75, 3.05) is 27.2 Å². The zero-order chi connectivity index (χ0) is 14.5. The number of likely N-dealkylation sites (N-methyl/N-ethyl adjacent to an activating group) is 1. The summed E-state index contributed by atoms with van der Waals surface area (Å²) in [4.78, 5) is 15.8. The summed E-state index contributed by atoms with van der Waals surface area (Å²) in [7, 11) is 3.90. The Morgan fingerprint density at radius 3 is 2.58 bits per heavy atom. The van der Waals surface area contributed by atoms with Gasteiger partial charge in [-0.25, -0.2) is 4.79 Å². The number of rotatable bonds is 5. The zero-order valence-electron chi connectivity index (χ0n) is 12.4. The van der Waals surface area contributed by atoms with Crippen molar-refractivity contribution in [2.24, 2.45) is 0 Å². The molecular formula is C15H23NO2S. The Kier molecular flexibility index (Phi) is 5.76. The van der Waals surface area contributed by atoms with Crippen molar-refractivity contribution in [3.63, 3.8) is 0 Å². The Bertz CT molecular complexity index is 441. The molecule has 0 aliphatic heterocycles. The van der Waals surface area contributed by atoms with Crippen LogP contribution in [0.1, 0.15) is 30.5 Å². The second kappa shape index (κ2) is 6.87. The quantitative estimate of drug-likeness (QED) is 0.613. The Morgan fingerprint density at radius 1 is 1.37 bits per heavy atom. The van der Waals surface area contributed by atoms with Gasteiger partial charge in [0.15, 0.2) is 0 Å². The minimum absolute atomic E-state index is 0.156. The van der Waals surface area contributed by atoms with Gasteiger partial charge < -0.3 is 9.64 Å². The number of ether oxygens (including phenoxy) is 1. The van der Waals surface area contributed by atoms with Crippen molar-refractivity contribution in [1.82, 2.24) is 4.90 Å². The molecule has 0 radical (unpaired) electrons. The summed E-state index contributed by atoms with van der Waals surface area (Å²) in [6.45, 7) is 7.71. The maximum atomic E-state index is 11.5. The van der Waals surface area contributed by atoms with Gasteiger partial charge in [-0.3, -0.25) is 0 Å². The molecule has 0 unspecified atom stereocenters. The third-order valence-electron chi connectivity index (χ3n) is 2.53. The van der Waals surface area contributed by atoms with Gasteiger partial charge in [-0.05, 0) is 37.7 Å². The molecule has 1 aromatic heterocycles. The first kappa shape index (κ1) is 15.9. The molecule has 0 saturated carbocycles. The van der Waals surface area contributed by atoms with E-state index >= 15 is 0 Å². The lowest BCUT2D eigenvalue weighted by molar-refractivity contribution is -0.137. The van der Waals surface area contributed by atoms with Crippen molar-refractivity contribution < 1.29 is 9.53 Å². The van der Waals surface area contributed by atoms with Crippen LogP contribution in [0.15, 0.2) is 18.2 Å². The molecule has 0 atom stereocenters. The van der Waals surface area contributed by atoms with E-state index in [1.165, 1.54) is 11.0 Å². The Hall–Kier alpha value is -1.13. The van der Waals surface area contributed by atoms with E-state index in [1.54, 1.807) is 11.3 Å². The standard InChI is InChI=1S/C15H23NO2S/c1-15(2,3)13-8-6-12(19-13)7-9-14(17)18-11-10-16(4)5/h6-9H,10-11H2,1-5H3/b9-7+. The topological polar surface area (TPSA) is 29.5 Å². The fraction of sp³-hybridized carbons (Fsp3) is 0.533. The molecule has 0 amide bonds. The normalized spacial score (nSPS) is 12.3. The first-order valence-corrected chi connectivity index (χ1v) is 7.20. The van der Waals surface area contributed by atoms with Crippen LogP contribution in [0.4, 0.5) is 0 Å². The number of carbonyl (C=O) groups is 1. The van der Waals surface area contributed by atoms with Crippen LogP contribution < -0.4 is 0 Å². The molecule has 106 valence electrons. The minimum atomic E-state index is -0.285. The Labute approximate surface area is 119 Å². The monoisotopic (exact) mass is 281 g/mol. The predicted octanol–water partition coefficient (Wildman–Crippen LogP) is 3.16. The molecule has 1 heterocycles. The molecule has 0 fully saturated rings. The van der Waals surface area contributed by atoms with Crippen LogP contribution in [-0.2, 0) is 14.9 Å². The van der Waals surface area contributed by atoms with Gasteiger partial charge >= 0.3 is 5.97 Å². The van der Waals surface area contributed by atoms with Gasteiger partial charge in [0.05, 0.1) is 0 Å². The van der Waals surface area contributed by atoms with Crippen molar-refractivity contribution in [1.29, 1.82) is 0 Å². The summed E-state index contributed by atoms with van der Waals surface area (Å²) < 4.78 is 5.09. The first-order chi connectivity index (χ1) is 8.79. The first-order valence-electron chi connectivity index (χ1n) is 6.39. The smallest absolute Gasteiger partial charge is 0.330 e. The highest BCUT2D eigenvalue weighted by Gasteiger charge is 2.15. The van der Waals surface area contributed by atoms with E-state index in [2.05, 4.69) is 26.8 Å². The van der Waals surface area contributed by atoms with E-state index in [9.17, 15) is 4.79 Å². The van der Waals surface area contributed by atoms with Crippen molar-refractivity contribution in [3.05, 3.63) is 28.0 Å². The Morgan fingerprint density at radius 2 is 2.05 bits per heavy atom. The number of hydrogen-bond donors (Lipinski definition) is 0. The highest BCUT2D eigenvalue weighted by molar-refractivity contribution is 7.13. The average Bonchev–Trinajstić information content (AvgIpc) is 2.74. The molecule has 0 N–H and O–H groups in total. The summed E-state index contributed by atoms with van der Waals surface area (Å²) in [6.07, 6.45) is 3.31. The van der Waals surface area contributed by atoms with Crippen LogP contribution in [0.3, 0.4) is 0 Å². The molecule has 0 saturated heterocycles. The fourth-order valence-electron chi connectivity index (χ4n) is 1.37. The van der Waals surface area contributed by atoms with E-state index in [0.717, 1.165) is 11.4 Å². The summed E-state index contributed by atoms with van der Waals surface area (Å²) >= 11 is 1.71. The predicted molar refractivity (Wildman–Crippen MR) is 81.6 cm³/mol. The molecule has 4 heteroatoms. The second-order valence-corrected chi connectivity index (χ2v) is 6.87. The maximum Gasteiger partial charge on any atom is 0.330 e. The highest BCUT2D eigenvalue weighted by atomic mass is 32.1. The number of nitrogens with zero attached hydrogens (tertiary/aromatic N) is 1. The van der Waals surface area contributed by atoms with E-state index < -0.39 is 0 Å². The number of esters is 1. The van der Waals surface area contributed by atoms with Crippen LogP contribution >= 0.6 is 11.3 Å². The van der Waals surface area contributed by atoms with Gasteiger partial charge in [0, 0.05) is 22.4 Å². The highest BCUT2D eigenvalue weighted by Crippen LogP contribution is 2.29. The third-order valence-corrected chi connectivity index (χ3v) is 4.01. The molecule has 3 nitrogen and oxygen atoms in total. The molecule has 0 bridgehead atoms. The van der Waals surface area contributed by atoms with Gasteiger partial charge in [-0.1, -0.05) is 20.8 Å². The molecular weight excluding hydrogens is 258 g/mol. The molecule has 0 aromatic carbocycles. The molecule has 1 rings (SSSR count). The maximum absolute atomic E-state index is 11.5. The lowest BCUT2D eigenvalue weighted by atomic mass is 9.95. The molecule has 0 spiro atoms. The van der Waals surface area contributed by atoms with Crippen molar-refractivity contribution in [2.45, 2.75) is 26.2 Å². The van der Waals surface area contributed by atoms with Gasteiger partial charge in [0.1, 0.15) is 6.61 Å². The van der Waals surface area contributed by atoms with Crippen molar-refractivity contribution in [3.8, 4) is 0 Å². The lowest BCUT2D eigenvalue weighted by Crippen LogP contribution is -2.19. The minimum Gasteiger partial charge on any atom is -0.461 e. The summed E-state index contributed by atoms with van der Waals surface area (Å²) in [5, 5.41) is 0. The summed E-state index contributed by atoms with van der Waals surface area (Å²) in [5.74, 6) is -0.285. The number of thiophene rings is 1. The molecule has 19 heavy (non-hydrogen) atoms. The van der Waals surface area contributed by atoms with E-state index in [1.807, 2.05) is 31.1 Å². The van der Waals surface area contributed by atoms with Crippen LogP contribution in [0.2, 0.25) is 0 Å². The summed E-state index contributed by atoms with van der Waals surface area (Å²) in [6, 6.07) is 4.15. The fourth-order valence-corrected chi connectivity index (χ4v) is 2.34. The third kappa shape index (κ3) is 6.03. The zero-order valence-corrected chi connectivity index (χ0v) is 13.2. The van der Waals surface area contributed by atoms with Gasteiger partial charge in [0.2, 0.25) is 0 Å². The summed E-state index contributed by atoms with van der Waals surface area (Å²) in [5.41, 5.74) is 0.156. The van der Waals surface area contributed by atoms with Gasteiger partial charge in [-0.2, -0.15) is 0 Å². The van der Waals surface area contributed by atoms with Crippen molar-refractivity contribution >= 4 is 23.4 Å². The second-order valence-electron chi connectivity index (χ2n) is 5.76. The SMILES string of the molecule is CN(C)CCOC(=O)/C=C/c1ccc(C(C)(C)C)s1. The molecule has 0 aliphatic carbocycles. The van der Waals surface area contributed by atoms with Gasteiger partial charge in [-0.15, -0.1) is 11.3 Å². The van der Waals surface area contributed by atoms with Crippen LogP contribution in [0.25, 0.3) is 6.08 Å². The van der Waals surface area contributed by atoms with Crippen LogP contribution in [0.5, 0.6) is 0 Å². The average molecular weight is 281 g/mol.